The smallest absolute Gasteiger partial charge is 0.335 e. The first kappa shape index (κ1) is 14.6. The highest BCUT2D eigenvalue weighted by atomic mass is 32.2. The molecule has 0 saturated heterocycles. The minimum absolute atomic E-state index is 0.269. The van der Waals surface area contributed by atoms with Crippen LogP contribution in [-0.4, -0.2) is 24.7 Å². The molecule has 0 heterocycles. The Labute approximate surface area is 105 Å². The van der Waals surface area contributed by atoms with E-state index in [1.54, 1.807) is 0 Å². The minimum atomic E-state index is -3.74. The van der Waals surface area contributed by atoms with Crippen molar-refractivity contribution in [3.63, 3.8) is 0 Å². The van der Waals surface area contributed by atoms with E-state index in [1.807, 2.05) is 6.92 Å². The molecule has 0 aliphatic carbocycles. The standard InChI is InChI=1S/C12H15FO4S/c1-3-4-8(2)18(16,17)11-6-5-9(12(14)15)7-10(11)13/h5-8H,3-4H2,1-2H3,(H,14,15). The fourth-order valence-corrected chi connectivity index (χ4v) is 3.21. The van der Waals surface area contributed by atoms with Gasteiger partial charge in [0.15, 0.2) is 9.84 Å². The summed E-state index contributed by atoms with van der Waals surface area (Å²) in [6.07, 6.45) is 1.11. The van der Waals surface area contributed by atoms with Crippen molar-refractivity contribution in [2.45, 2.75) is 36.8 Å². The van der Waals surface area contributed by atoms with Gasteiger partial charge in [0, 0.05) is 0 Å². The maximum Gasteiger partial charge on any atom is 0.335 e. The Hall–Kier alpha value is -1.43. The quantitative estimate of drug-likeness (QED) is 0.895. The minimum Gasteiger partial charge on any atom is -0.478 e. The molecule has 0 radical (unpaired) electrons. The highest BCUT2D eigenvalue weighted by molar-refractivity contribution is 7.92. The Balaban J connectivity index is 3.22. The van der Waals surface area contributed by atoms with E-state index >= 15 is 0 Å². The van der Waals surface area contributed by atoms with Gasteiger partial charge >= 0.3 is 5.97 Å². The summed E-state index contributed by atoms with van der Waals surface area (Å²) in [6, 6.07) is 2.84. The van der Waals surface area contributed by atoms with Gasteiger partial charge in [-0.2, -0.15) is 0 Å². The van der Waals surface area contributed by atoms with Gasteiger partial charge in [-0.25, -0.2) is 17.6 Å². The zero-order valence-electron chi connectivity index (χ0n) is 10.2. The molecule has 0 aliphatic heterocycles. The summed E-state index contributed by atoms with van der Waals surface area (Å²) in [6.45, 7) is 3.36. The highest BCUT2D eigenvalue weighted by Crippen LogP contribution is 2.23. The number of carboxylic acid groups (broad SMARTS) is 1. The predicted octanol–water partition coefficient (Wildman–Crippen LogP) is 2.49. The predicted molar refractivity (Wildman–Crippen MR) is 64.9 cm³/mol. The lowest BCUT2D eigenvalue weighted by atomic mass is 10.2. The van der Waals surface area contributed by atoms with Gasteiger partial charge in [0.25, 0.3) is 0 Å². The second-order valence-electron chi connectivity index (χ2n) is 4.09. The van der Waals surface area contributed by atoms with Crippen LogP contribution in [0.2, 0.25) is 0 Å². The van der Waals surface area contributed by atoms with Gasteiger partial charge < -0.3 is 5.11 Å². The molecule has 1 aromatic rings. The maximum absolute atomic E-state index is 13.7. The normalized spacial score (nSPS) is 13.3. The molecule has 0 aromatic heterocycles. The third-order valence-electron chi connectivity index (χ3n) is 2.71. The monoisotopic (exact) mass is 274 g/mol. The Bertz CT molecular complexity index is 551. The van der Waals surface area contributed by atoms with Gasteiger partial charge in [0.2, 0.25) is 0 Å². The van der Waals surface area contributed by atoms with Crippen molar-refractivity contribution in [1.82, 2.24) is 0 Å². The first-order valence-corrected chi connectivity index (χ1v) is 7.12. The molecule has 0 spiro atoms. The molecule has 0 bridgehead atoms. The van der Waals surface area contributed by atoms with Crippen molar-refractivity contribution >= 4 is 15.8 Å². The van der Waals surface area contributed by atoms with Crippen LogP contribution in [0.15, 0.2) is 23.1 Å². The summed E-state index contributed by atoms with van der Waals surface area (Å²) in [4.78, 5) is 10.2. The maximum atomic E-state index is 13.7. The van der Waals surface area contributed by atoms with Crippen molar-refractivity contribution in [2.24, 2.45) is 0 Å². The molecule has 0 fully saturated rings. The summed E-state index contributed by atoms with van der Waals surface area (Å²) in [5, 5.41) is 7.99. The summed E-state index contributed by atoms with van der Waals surface area (Å²) in [5.41, 5.74) is -0.269. The molecule has 100 valence electrons. The summed E-state index contributed by atoms with van der Waals surface area (Å²) in [5.74, 6) is -2.31. The molecule has 1 atom stereocenters. The third kappa shape index (κ3) is 2.87. The molecule has 1 N–H and O–H groups in total. The summed E-state index contributed by atoms with van der Waals surface area (Å²) < 4.78 is 37.7. The molecule has 1 unspecified atom stereocenters. The van der Waals surface area contributed by atoms with Crippen molar-refractivity contribution in [3.05, 3.63) is 29.6 Å². The van der Waals surface area contributed by atoms with Crippen LogP contribution in [0.4, 0.5) is 4.39 Å². The molecule has 1 aromatic carbocycles. The lowest BCUT2D eigenvalue weighted by molar-refractivity contribution is 0.0696. The Morgan fingerprint density at radius 1 is 1.44 bits per heavy atom. The van der Waals surface area contributed by atoms with Gasteiger partial charge in [-0.1, -0.05) is 13.3 Å². The molecule has 0 saturated carbocycles. The van der Waals surface area contributed by atoms with Crippen LogP contribution in [0.25, 0.3) is 0 Å². The molecule has 0 aliphatic rings. The lowest BCUT2D eigenvalue weighted by Crippen LogP contribution is -2.19. The average molecular weight is 274 g/mol. The Morgan fingerprint density at radius 3 is 2.50 bits per heavy atom. The topological polar surface area (TPSA) is 71.4 Å². The number of aromatic carboxylic acids is 1. The largest absolute Gasteiger partial charge is 0.478 e. The van der Waals surface area contributed by atoms with Crippen LogP contribution < -0.4 is 0 Å². The third-order valence-corrected chi connectivity index (χ3v) is 4.95. The van der Waals surface area contributed by atoms with Crippen LogP contribution in [0.1, 0.15) is 37.0 Å². The number of hydrogen-bond donors (Lipinski definition) is 1. The highest BCUT2D eigenvalue weighted by Gasteiger charge is 2.26. The molecule has 18 heavy (non-hydrogen) atoms. The number of benzene rings is 1. The van der Waals surface area contributed by atoms with Gasteiger partial charge in [-0.15, -0.1) is 0 Å². The van der Waals surface area contributed by atoms with Gasteiger partial charge in [0.05, 0.1) is 10.8 Å². The Kier molecular flexibility index (Phi) is 4.45. The number of carbonyl (C=O) groups is 1. The SMILES string of the molecule is CCCC(C)S(=O)(=O)c1ccc(C(=O)O)cc1F. The van der Waals surface area contributed by atoms with E-state index < -0.39 is 31.8 Å². The zero-order chi connectivity index (χ0) is 13.9. The van der Waals surface area contributed by atoms with E-state index in [-0.39, 0.29) is 5.56 Å². The molecule has 1 rings (SSSR count). The van der Waals surface area contributed by atoms with E-state index in [1.165, 1.54) is 6.92 Å². The van der Waals surface area contributed by atoms with Crippen molar-refractivity contribution in [2.75, 3.05) is 0 Å². The summed E-state index contributed by atoms with van der Waals surface area (Å²) in [7, 11) is -3.74. The molecular formula is C12H15FO4S. The van der Waals surface area contributed by atoms with Gasteiger partial charge in [-0.3, -0.25) is 0 Å². The van der Waals surface area contributed by atoms with Crippen molar-refractivity contribution in [1.29, 1.82) is 0 Å². The fraction of sp³-hybridized carbons (Fsp3) is 0.417. The van der Waals surface area contributed by atoms with Gasteiger partial charge in [0.1, 0.15) is 10.7 Å². The number of hydrogen-bond acceptors (Lipinski definition) is 3. The van der Waals surface area contributed by atoms with Crippen molar-refractivity contribution in [3.8, 4) is 0 Å². The molecule has 4 nitrogen and oxygen atoms in total. The lowest BCUT2D eigenvalue weighted by Gasteiger charge is -2.12. The number of halogens is 1. The van der Waals surface area contributed by atoms with Crippen LogP contribution in [0, 0.1) is 5.82 Å². The molecule has 6 heteroatoms. The van der Waals surface area contributed by atoms with Crippen LogP contribution >= 0.6 is 0 Å². The first-order chi connectivity index (χ1) is 8.30. The van der Waals surface area contributed by atoms with E-state index in [2.05, 4.69) is 0 Å². The van der Waals surface area contributed by atoms with Crippen LogP contribution in [0.5, 0.6) is 0 Å². The number of sulfone groups is 1. The van der Waals surface area contributed by atoms with Crippen LogP contribution in [0.3, 0.4) is 0 Å². The van der Waals surface area contributed by atoms with E-state index in [0.29, 0.717) is 12.8 Å². The average Bonchev–Trinajstić information content (AvgIpc) is 2.28. The van der Waals surface area contributed by atoms with E-state index in [9.17, 15) is 17.6 Å². The van der Waals surface area contributed by atoms with E-state index in [0.717, 1.165) is 18.2 Å². The number of carboxylic acids is 1. The second kappa shape index (κ2) is 5.48. The fourth-order valence-electron chi connectivity index (χ4n) is 1.64. The zero-order valence-corrected chi connectivity index (χ0v) is 11.0. The number of rotatable bonds is 5. The molecular weight excluding hydrogens is 259 g/mol. The molecule has 0 amide bonds. The summed E-state index contributed by atoms with van der Waals surface area (Å²) >= 11 is 0. The van der Waals surface area contributed by atoms with Crippen molar-refractivity contribution < 1.29 is 22.7 Å². The Morgan fingerprint density at radius 2 is 2.06 bits per heavy atom. The second-order valence-corrected chi connectivity index (χ2v) is 6.43. The van der Waals surface area contributed by atoms with Gasteiger partial charge in [-0.05, 0) is 31.5 Å². The van der Waals surface area contributed by atoms with Crippen LogP contribution in [-0.2, 0) is 9.84 Å². The van der Waals surface area contributed by atoms with E-state index in [4.69, 9.17) is 5.11 Å². The first-order valence-electron chi connectivity index (χ1n) is 5.57.